The third kappa shape index (κ3) is 4.19. The quantitative estimate of drug-likeness (QED) is 0.186. The van der Waals surface area contributed by atoms with Gasteiger partial charge in [0.15, 0.2) is 0 Å². The molecule has 0 amide bonds. The first-order chi connectivity index (χ1) is 25.3. The van der Waals surface area contributed by atoms with E-state index in [1.165, 1.54) is 65.9 Å². The normalized spacial score (nSPS) is 11.9. The van der Waals surface area contributed by atoms with Gasteiger partial charge in [-0.15, -0.1) is 0 Å². The summed E-state index contributed by atoms with van der Waals surface area (Å²) in [6, 6.07) is 65.5. The van der Waals surface area contributed by atoms with E-state index in [1.807, 2.05) is 12.1 Å². The van der Waals surface area contributed by atoms with E-state index < -0.39 is 0 Å². The highest BCUT2D eigenvalue weighted by atomic mass is 16.3. The van der Waals surface area contributed by atoms with Crippen LogP contribution in [0.3, 0.4) is 0 Å². The molecule has 0 fully saturated rings. The fourth-order valence-electron chi connectivity index (χ4n) is 8.24. The summed E-state index contributed by atoms with van der Waals surface area (Å²) >= 11 is 0. The van der Waals surface area contributed by atoms with Crippen LogP contribution in [0.5, 0.6) is 0 Å². The Labute approximate surface area is 293 Å². The molecule has 51 heavy (non-hydrogen) atoms. The molecule has 11 rings (SSSR count). The van der Waals surface area contributed by atoms with E-state index in [0.717, 1.165) is 33.3 Å². The predicted octanol–water partition coefficient (Wildman–Crippen LogP) is 13.1. The highest BCUT2D eigenvalue weighted by molar-refractivity contribution is 6.26. The van der Waals surface area contributed by atoms with Crippen LogP contribution in [-0.4, -0.2) is 9.13 Å². The first kappa shape index (κ1) is 28.0. The molecule has 0 aliphatic rings. The molecule has 3 nitrogen and oxygen atoms in total. The number of rotatable bonds is 4. The lowest BCUT2D eigenvalue weighted by molar-refractivity contribution is 0.669. The van der Waals surface area contributed by atoms with Crippen LogP contribution in [0.15, 0.2) is 186 Å². The highest BCUT2D eigenvalue weighted by Crippen LogP contribution is 2.43. The first-order valence-electron chi connectivity index (χ1n) is 17.4. The number of aromatic nitrogens is 2. The van der Waals surface area contributed by atoms with E-state index in [2.05, 4.69) is 179 Å². The van der Waals surface area contributed by atoms with Gasteiger partial charge in [-0.2, -0.15) is 0 Å². The fraction of sp³-hybridized carbons (Fsp3) is 0. The molecule has 3 heteroatoms. The van der Waals surface area contributed by atoms with E-state index in [4.69, 9.17) is 4.42 Å². The van der Waals surface area contributed by atoms with Crippen molar-refractivity contribution in [2.24, 2.45) is 0 Å². The zero-order valence-corrected chi connectivity index (χ0v) is 27.6. The summed E-state index contributed by atoms with van der Waals surface area (Å²) in [6.45, 7) is 0. The molecule has 0 N–H and O–H groups in total. The van der Waals surface area contributed by atoms with Gasteiger partial charge in [0.25, 0.3) is 0 Å². The van der Waals surface area contributed by atoms with Crippen LogP contribution in [-0.2, 0) is 0 Å². The van der Waals surface area contributed by atoms with Crippen LogP contribution in [0.2, 0.25) is 0 Å². The zero-order chi connectivity index (χ0) is 33.5. The number of furan rings is 1. The first-order valence-corrected chi connectivity index (χ1v) is 17.4. The number of para-hydroxylation sites is 3. The molecule has 3 aromatic heterocycles. The van der Waals surface area contributed by atoms with Gasteiger partial charge in [-0.3, -0.25) is 0 Å². The lowest BCUT2D eigenvalue weighted by Crippen LogP contribution is -1.96. The van der Waals surface area contributed by atoms with Crippen LogP contribution in [0.25, 0.3) is 99.2 Å². The summed E-state index contributed by atoms with van der Waals surface area (Å²) in [5.74, 6) is 0. The van der Waals surface area contributed by atoms with Crippen molar-refractivity contribution in [3.63, 3.8) is 0 Å². The van der Waals surface area contributed by atoms with Crippen molar-refractivity contribution in [1.82, 2.24) is 9.13 Å². The van der Waals surface area contributed by atoms with Crippen LogP contribution < -0.4 is 0 Å². The molecule has 0 aliphatic carbocycles. The second-order valence-electron chi connectivity index (χ2n) is 13.3. The maximum absolute atomic E-state index is 6.21. The van der Waals surface area contributed by atoms with Gasteiger partial charge < -0.3 is 13.6 Å². The summed E-state index contributed by atoms with van der Waals surface area (Å²) < 4.78 is 11.1. The molecule has 8 aromatic carbocycles. The Hall–Kier alpha value is -6.84. The molecule has 0 aliphatic heterocycles. The van der Waals surface area contributed by atoms with Gasteiger partial charge in [0, 0.05) is 43.7 Å². The second kappa shape index (κ2) is 10.8. The summed E-state index contributed by atoms with van der Waals surface area (Å²) in [4.78, 5) is 0. The minimum absolute atomic E-state index is 0.900. The fourth-order valence-corrected chi connectivity index (χ4v) is 8.24. The Morgan fingerprint density at radius 2 is 0.922 bits per heavy atom. The molecule has 0 saturated heterocycles. The van der Waals surface area contributed by atoms with E-state index in [-0.39, 0.29) is 0 Å². The topological polar surface area (TPSA) is 23.0 Å². The Bertz CT molecular complexity index is 3140. The molecule has 0 unspecified atom stereocenters. The Kier molecular flexibility index (Phi) is 5.96. The smallest absolute Gasteiger partial charge is 0.135 e. The maximum Gasteiger partial charge on any atom is 0.135 e. The number of benzene rings is 8. The minimum Gasteiger partial charge on any atom is -0.456 e. The summed E-state index contributed by atoms with van der Waals surface area (Å²) in [7, 11) is 0. The number of hydrogen-bond acceptors (Lipinski definition) is 1. The van der Waals surface area contributed by atoms with Crippen molar-refractivity contribution < 1.29 is 4.42 Å². The average molecular weight is 651 g/mol. The molecule has 11 aromatic rings. The molecule has 3 heterocycles. The zero-order valence-electron chi connectivity index (χ0n) is 27.6. The second-order valence-corrected chi connectivity index (χ2v) is 13.3. The number of nitrogens with zero attached hydrogens (tertiary/aromatic N) is 2. The molecular formula is C48H30N2O. The van der Waals surface area contributed by atoms with Crippen LogP contribution in [0, 0.1) is 0 Å². The van der Waals surface area contributed by atoms with Crippen LogP contribution in [0.4, 0.5) is 0 Å². The third-order valence-electron chi connectivity index (χ3n) is 10.5. The molecule has 0 saturated carbocycles. The Balaban J connectivity index is 1.19. The Morgan fingerprint density at radius 1 is 0.314 bits per heavy atom. The van der Waals surface area contributed by atoms with Gasteiger partial charge in [-0.25, -0.2) is 0 Å². The van der Waals surface area contributed by atoms with Crippen molar-refractivity contribution in [2.45, 2.75) is 0 Å². The maximum atomic E-state index is 6.21. The van der Waals surface area contributed by atoms with Crippen molar-refractivity contribution in [1.29, 1.82) is 0 Å². The largest absolute Gasteiger partial charge is 0.456 e. The SMILES string of the molecule is c1ccc(-c2cccc(-c3cccc(-n4c5ccccc5c5ccc6c(c7ccccc7n6-c6ccc7oc8ccccc8c7c6)c54)c3)c2)cc1. The molecule has 0 atom stereocenters. The van der Waals surface area contributed by atoms with Crippen LogP contribution in [0.1, 0.15) is 0 Å². The van der Waals surface area contributed by atoms with Crippen molar-refractivity contribution in [2.75, 3.05) is 0 Å². The van der Waals surface area contributed by atoms with Crippen molar-refractivity contribution in [3.05, 3.63) is 182 Å². The summed E-state index contributed by atoms with van der Waals surface area (Å²) in [5.41, 5.74) is 13.6. The lowest BCUT2D eigenvalue weighted by Gasteiger charge is -2.12. The summed E-state index contributed by atoms with van der Waals surface area (Å²) in [6.07, 6.45) is 0. The van der Waals surface area contributed by atoms with Gasteiger partial charge in [0.1, 0.15) is 11.2 Å². The van der Waals surface area contributed by atoms with Crippen LogP contribution >= 0.6 is 0 Å². The molecule has 0 radical (unpaired) electrons. The lowest BCUT2D eigenvalue weighted by atomic mass is 9.99. The van der Waals surface area contributed by atoms with Gasteiger partial charge in [0.2, 0.25) is 0 Å². The van der Waals surface area contributed by atoms with Gasteiger partial charge in [-0.05, 0) is 82.9 Å². The standard InChI is InChI=1S/C48H30N2O/c1-2-12-31(13-3-1)32-14-10-15-33(28-32)34-16-11-17-35(29-34)50-42-21-7-4-18-37(42)39-25-26-44-47(48(39)50)40-20-5-8-22-43(40)49(44)36-24-27-46-41(30-36)38-19-6-9-23-45(38)51-46/h1-30H. The summed E-state index contributed by atoms with van der Waals surface area (Å²) in [5, 5.41) is 7.21. The average Bonchev–Trinajstić information content (AvgIpc) is 3.86. The van der Waals surface area contributed by atoms with E-state index in [0.29, 0.717) is 0 Å². The monoisotopic (exact) mass is 650 g/mol. The predicted molar refractivity (Wildman–Crippen MR) is 213 cm³/mol. The van der Waals surface area contributed by atoms with E-state index in [9.17, 15) is 0 Å². The van der Waals surface area contributed by atoms with E-state index in [1.54, 1.807) is 0 Å². The highest BCUT2D eigenvalue weighted by Gasteiger charge is 2.21. The van der Waals surface area contributed by atoms with Gasteiger partial charge >= 0.3 is 0 Å². The van der Waals surface area contributed by atoms with E-state index >= 15 is 0 Å². The Morgan fingerprint density at radius 3 is 1.76 bits per heavy atom. The van der Waals surface area contributed by atoms with Crippen molar-refractivity contribution in [3.8, 4) is 33.6 Å². The molecule has 0 bridgehead atoms. The van der Waals surface area contributed by atoms with Gasteiger partial charge in [0.05, 0.1) is 22.1 Å². The molecule has 238 valence electrons. The molecule has 0 spiro atoms. The number of hydrogen-bond donors (Lipinski definition) is 0. The minimum atomic E-state index is 0.900. The third-order valence-corrected chi connectivity index (χ3v) is 10.5. The van der Waals surface area contributed by atoms with Crippen molar-refractivity contribution >= 4 is 65.6 Å². The number of fused-ring (bicyclic) bond motifs is 10. The van der Waals surface area contributed by atoms with Gasteiger partial charge in [-0.1, -0.05) is 121 Å². The molecular weight excluding hydrogens is 621 g/mol.